The number of benzene rings is 1. The molecule has 1 aliphatic rings. The van der Waals surface area contributed by atoms with Crippen LogP contribution < -0.4 is 10.6 Å². The van der Waals surface area contributed by atoms with Crippen LogP contribution in [0.2, 0.25) is 0 Å². The number of nitrogens with zero attached hydrogens (tertiary/aromatic N) is 4. The van der Waals surface area contributed by atoms with E-state index in [2.05, 4.69) is 31.7 Å². The molecule has 2 heterocycles. The fourth-order valence-corrected chi connectivity index (χ4v) is 3.17. The molecular formula is C18H26N6O. The second-order valence-corrected chi connectivity index (χ2v) is 6.61. The fourth-order valence-electron chi connectivity index (χ4n) is 3.17. The van der Waals surface area contributed by atoms with E-state index in [1.165, 1.54) is 25.6 Å². The monoisotopic (exact) mass is 342 g/mol. The first-order valence-electron chi connectivity index (χ1n) is 8.91. The predicted octanol–water partition coefficient (Wildman–Crippen LogP) is 2.47. The van der Waals surface area contributed by atoms with Gasteiger partial charge in [-0.05, 0) is 44.5 Å². The van der Waals surface area contributed by atoms with Crippen molar-refractivity contribution >= 4 is 11.7 Å². The van der Waals surface area contributed by atoms with E-state index in [1.807, 2.05) is 25.1 Å². The second kappa shape index (κ2) is 8.62. The molecule has 2 N–H and O–H groups in total. The van der Waals surface area contributed by atoms with Gasteiger partial charge in [-0.25, -0.2) is 9.78 Å². The highest BCUT2D eigenvalue weighted by Crippen LogP contribution is 2.19. The summed E-state index contributed by atoms with van der Waals surface area (Å²) in [4.78, 5) is 18.7. The number of carbonyl (C=O) groups is 1. The molecule has 1 aliphatic heterocycles. The summed E-state index contributed by atoms with van der Waals surface area (Å²) in [6, 6.07) is 7.78. The second-order valence-electron chi connectivity index (χ2n) is 6.61. The van der Waals surface area contributed by atoms with E-state index in [1.54, 1.807) is 11.0 Å². The van der Waals surface area contributed by atoms with E-state index < -0.39 is 0 Å². The highest BCUT2D eigenvalue weighted by atomic mass is 16.2. The van der Waals surface area contributed by atoms with Crippen molar-refractivity contribution in [2.24, 2.45) is 0 Å². The fraction of sp³-hybridized carbons (Fsp3) is 0.500. The third-order valence-electron chi connectivity index (χ3n) is 4.41. The number of piperidine rings is 1. The Balaban J connectivity index is 1.55. The van der Waals surface area contributed by atoms with Crippen molar-refractivity contribution in [3.8, 4) is 0 Å². The number of urea groups is 1. The Labute approximate surface area is 148 Å². The van der Waals surface area contributed by atoms with Crippen LogP contribution in [-0.4, -0.2) is 44.8 Å². The molecule has 7 heteroatoms. The van der Waals surface area contributed by atoms with E-state index in [4.69, 9.17) is 0 Å². The minimum atomic E-state index is -0.196. The molecule has 7 nitrogen and oxygen atoms in total. The van der Waals surface area contributed by atoms with E-state index in [-0.39, 0.29) is 12.1 Å². The van der Waals surface area contributed by atoms with Gasteiger partial charge < -0.3 is 10.6 Å². The first-order chi connectivity index (χ1) is 12.2. The van der Waals surface area contributed by atoms with Crippen LogP contribution in [0.25, 0.3) is 0 Å². The van der Waals surface area contributed by atoms with Gasteiger partial charge in [0.15, 0.2) is 0 Å². The molecule has 1 fully saturated rings. The molecule has 0 unspecified atom stereocenters. The number of para-hydroxylation sites is 1. The third-order valence-corrected chi connectivity index (χ3v) is 4.41. The Morgan fingerprint density at radius 2 is 2.04 bits per heavy atom. The smallest absolute Gasteiger partial charge is 0.319 e. The Morgan fingerprint density at radius 1 is 1.24 bits per heavy atom. The molecule has 25 heavy (non-hydrogen) atoms. The summed E-state index contributed by atoms with van der Waals surface area (Å²) in [5.74, 6) is 0. The Hall–Kier alpha value is -2.41. The average molecular weight is 342 g/mol. The number of rotatable bonds is 6. The van der Waals surface area contributed by atoms with Gasteiger partial charge in [0.25, 0.3) is 0 Å². The van der Waals surface area contributed by atoms with Crippen LogP contribution in [0.4, 0.5) is 10.5 Å². The van der Waals surface area contributed by atoms with E-state index >= 15 is 0 Å². The number of amides is 2. The van der Waals surface area contributed by atoms with Gasteiger partial charge in [0.2, 0.25) is 0 Å². The maximum atomic E-state index is 12.3. The Bertz CT molecular complexity index is 666. The van der Waals surface area contributed by atoms with Crippen molar-refractivity contribution < 1.29 is 4.79 Å². The third kappa shape index (κ3) is 5.29. The van der Waals surface area contributed by atoms with Crippen molar-refractivity contribution in [1.29, 1.82) is 0 Å². The number of aromatic nitrogens is 3. The summed E-state index contributed by atoms with van der Waals surface area (Å²) in [6.07, 6.45) is 6.97. The summed E-state index contributed by atoms with van der Waals surface area (Å²) in [5, 5.41) is 9.99. The van der Waals surface area contributed by atoms with E-state index in [9.17, 15) is 4.79 Å². The summed E-state index contributed by atoms with van der Waals surface area (Å²) in [5.41, 5.74) is 2.03. The molecule has 1 saturated heterocycles. The molecule has 1 aromatic heterocycles. The molecule has 2 aromatic rings. The summed E-state index contributed by atoms with van der Waals surface area (Å²) in [7, 11) is 0. The molecule has 2 amide bonds. The van der Waals surface area contributed by atoms with Crippen LogP contribution >= 0.6 is 0 Å². The number of anilines is 1. The maximum Gasteiger partial charge on any atom is 0.319 e. The zero-order chi connectivity index (χ0) is 17.5. The van der Waals surface area contributed by atoms with Crippen LogP contribution in [0.5, 0.6) is 0 Å². The summed E-state index contributed by atoms with van der Waals surface area (Å²) < 4.78 is 1.70. The lowest BCUT2D eigenvalue weighted by Crippen LogP contribution is -2.39. The number of likely N-dealkylation sites (tertiary alicyclic amines) is 1. The van der Waals surface area contributed by atoms with Gasteiger partial charge in [-0.2, -0.15) is 5.10 Å². The van der Waals surface area contributed by atoms with Gasteiger partial charge in [0.05, 0.1) is 6.54 Å². The van der Waals surface area contributed by atoms with Crippen LogP contribution in [0.3, 0.4) is 0 Å². The van der Waals surface area contributed by atoms with Crippen LogP contribution in [0.15, 0.2) is 36.9 Å². The van der Waals surface area contributed by atoms with Crippen molar-refractivity contribution in [2.75, 3.05) is 18.4 Å². The van der Waals surface area contributed by atoms with Gasteiger partial charge in [-0.1, -0.05) is 24.6 Å². The standard InChI is InChI=1S/C18H26N6O/c1-15(11-24-14-19-13-20-24)21-18(25)22-17-8-4-3-7-16(17)12-23-9-5-2-6-10-23/h3-4,7-8,13-15H,2,5-6,9-12H2,1H3,(H2,21,22,25)/t15-/m1/s1. The first kappa shape index (κ1) is 17.4. The van der Waals surface area contributed by atoms with Crippen molar-refractivity contribution in [3.05, 3.63) is 42.5 Å². The first-order valence-corrected chi connectivity index (χ1v) is 8.91. The van der Waals surface area contributed by atoms with Crippen molar-refractivity contribution in [2.45, 2.75) is 45.3 Å². The van der Waals surface area contributed by atoms with Crippen LogP contribution in [0, 0.1) is 0 Å². The molecule has 0 radical (unpaired) electrons. The molecule has 1 aromatic carbocycles. The van der Waals surface area contributed by atoms with Gasteiger partial charge in [-0.15, -0.1) is 0 Å². The predicted molar refractivity (Wildman–Crippen MR) is 97.2 cm³/mol. The summed E-state index contributed by atoms with van der Waals surface area (Å²) in [6.45, 7) is 5.68. The lowest BCUT2D eigenvalue weighted by molar-refractivity contribution is 0.221. The molecule has 0 spiro atoms. The zero-order valence-corrected chi connectivity index (χ0v) is 14.7. The largest absolute Gasteiger partial charge is 0.334 e. The highest BCUT2D eigenvalue weighted by Gasteiger charge is 2.14. The van der Waals surface area contributed by atoms with E-state index in [0.29, 0.717) is 6.54 Å². The number of nitrogens with one attached hydrogen (secondary N) is 2. The highest BCUT2D eigenvalue weighted by molar-refractivity contribution is 5.90. The van der Waals surface area contributed by atoms with Gasteiger partial charge >= 0.3 is 6.03 Å². The van der Waals surface area contributed by atoms with Crippen molar-refractivity contribution in [3.63, 3.8) is 0 Å². The van der Waals surface area contributed by atoms with Crippen LogP contribution in [0.1, 0.15) is 31.7 Å². The lowest BCUT2D eigenvalue weighted by Gasteiger charge is -2.27. The maximum absolute atomic E-state index is 12.3. The number of carbonyl (C=O) groups excluding carboxylic acids is 1. The molecule has 0 aliphatic carbocycles. The quantitative estimate of drug-likeness (QED) is 0.846. The van der Waals surface area contributed by atoms with E-state index in [0.717, 1.165) is 30.9 Å². The van der Waals surface area contributed by atoms with Crippen LogP contribution in [-0.2, 0) is 13.1 Å². The number of hydrogen-bond donors (Lipinski definition) is 2. The summed E-state index contributed by atoms with van der Waals surface area (Å²) >= 11 is 0. The zero-order valence-electron chi connectivity index (χ0n) is 14.7. The minimum absolute atomic E-state index is 0.0454. The van der Waals surface area contributed by atoms with Gasteiger partial charge in [0, 0.05) is 18.3 Å². The Morgan fingerprint density at radius 3 is 2.80 bits per heavy atom. The molecule has 0 bridgehead atoms. The van der Waals surface area contributed by atoms with Crippen molar-refractivity contribution in [1.82, 2.24) is 25.0 Å². The molecule has 0 saturated carbocycles. The topological polar surface area (TPSA) is 75.1 Å². The Kier molecular flexibility index (Phi) is 6.00. The molecule has 134 valence electrons. The normalized spacial score (nSPS) is 16.4. The van der Waals surface area contributed by atoms with Gasteiger partial charge in [0.1, 0.15) is 12.7 Å². The molecular weight excluding hydrogens is 316 g/mol. The number of hydrogen-bond acceptors (Lipinski definition) is 4. The minimum Gasteiger partial charge on any atom is -0.334 e. The molecule has 3 rings (SSSR count). The average Bonchev–Trinajstić information content (AvgIpc) is 3.10. The lowest BCUT2D eigenvalue weighted by atomic mass is 10.1. The SMILES string of the molecule is C[C@H](Cn1cncn1)NC(=O)Nc1ccccc1CN1CCCCC1. The molecule has 1 atom stereocenters. The van der Waals surface area contributed by atoms with Gasteiger partial charge in [-0.3, -0.25) is 9.58 Å².